The average molecular weight is 498 g/mol. The fraction of sp³-hybridized carbons (Fsp3) is 0.333. The number of nitrogens with one attached hydrogen (secondary N) is 1. The van der Waals surface area contributed by atoms with Crippen molar-refractivity contribution in [1.82, 2.24) is 4.31 Å². The van der Waals surface area contributed by atoms with Gasteiger partial charge in [-0.2, -0.15) is 4.31 Å². The van der Waals surface area contributed by atoms with Gasteiger partial charge in [0.25, 0.3) is 11.6 Å². The highest BCUT2D eigenvalue weighted by molar-refractivity contribution is 7.89. The van der Waals surface area contributed by atoms with E-state index in [4.69, 9.17) is 16.3 Å². The van der Waals surface area contributed by atoms with Crippen molar-refractivity contribution in [3.05, 3.63) is 62.2 Å². The Balaban J connectivity index is 2.18. The molecule has 12 heteroatoms. The molecule has 0 unspecified atom stereocenters. The summed E-state index contributed by atoms with van der Waals surface area (Å²) in [5, 5.41) is 13.6. The molecule has 0 radical (unpaired) electrons. The van der Waals surface area contributed by atoms with Gasteiger partial charge in [0.2, 0.25) is 10.0 Å². The number of aryl methyl sites for hydroxylation is 2. The summed E-state index contributed by atoms with van der Waals surface area (Å²) in [6.07, 6.45) is 0. The number of anilines is 1. The first-order valence-corrected chi connectivity index (χ1v) is 11.8. The highest BCUT2D eigenvalue weighted by Gasteiger charge is 2.25. The van der Waals surface area contributed by atoms with Gasteiger partial charge in [0.15, 0.2) is 6.61 Å². The van der Waals surface area contributed by atoms with Crippen molar-refractivity contribution in [2.24, 2.45) is 0 Å². The number of benzene rings is 2. The Morgan fingerprint density at radius 1 is 1.12 bits per heavy atom. The Kier molecular flexibility index (Phi) is 8.53. The molecule has 0 spiro atoms. The van der Waals surface area contributed by atoms with Crippen molar-refractivity contribution in [3.8, 4) is 0 Å². The lowest BCUT2D eigenvalue weighted by atomic mass is 10.1. The predicted molar refractivity (Wildman–Crippen MR) is 123 cm³/mol. The van der Waals surface area contributed by atoms with Gasteiger partial charge in [-0.25, -0.2) is 13.2 Å². The Labute approximate surface area is 196 Å². The largest absolute Gasteiger partial charge is 0.452 e. The highest BCUT2D eigenvalue weighted by Crippen LogP contribution is 2.28. The third kappa shape index (κ3) is 6.06. The van der Waals surface area contributed by atoms with E-state index in [2.05, 4.69) is 5.32 Å². The Morgan fingerprint density at radius 3 is 2.30 bits per heavy atom. The first-order chi connectivity index (χ1) is 15.4. The summed E-state index contributed by atoms with van der Waals surface area (Å²) in [4.78, 5) is 35.2. The lowest BCUT2D eigenvalue weighted by Crippen LogP contribution is -2.30. The van der Waals surface area contributed by atoms with Crippen LogP contribution in [0.2, 0.25) is 5.02 Å². The number of esters is 1. The van der Waals surface area contributed by atoms with E-state index in [-0.39, 0.29) is 39.9 Å². The number of nitrogens with zero attached hydrogens (tertiary/aromatic N) is 2. The molecule has 0 aliphatic heterocycles. The normalized spacial score (nSPS) is 11.3. The van der Waals surface area contributed by atoms with E-state index in [1.165, 1.54) is 28.6 Å². The SMILES string of the molecule is CCN(CC)S(=O)(=O)c1ccc(Cl)c(C(=O)OCC(=O)Nc2cc(C)c(C)cc2[N+](=O)[O-])c1. The molecule has 0 bridgehead atoms. The molecule has 1 N–H and O–H groups in total. The Bertz CT molecular complexity index is 1190. The number of hydrogen-bond donors (Lipinski definition) is 1. The zero-order valence-electron chi connectivity index (χ0n) is 18.5. The topological polar surface area (TPSA) is 136 Å². The number of carbonyl (C=O) groups is 2. The molecule has 0 heterocycles. The summed E-state index contributed by atoms with van der Waals surface area (Å²) in [7, 11) is -3.84. The highest BCUT2D eigenvalue weighted by atomic mass is 35.5. The van der Waals surface area contributed by atoms with Crippen molar-refractivity contribution in [1.29, 1.82) is 0 Å². The summed E-state index contributed by atoms with van der Waals surface area (Å²) in [5.41, 5.74) is 0.853. The average Bonchev–Trinajstić information content (AvgIpc) is 2.75. The number of rotatable bonds is 9. The second-order valence-corrected chi connectivity index (χ2v) is 9.41. The molecular formula is C21H24ClN3O7S. The smallest absolute Gasteiger partial charge is 0.340 e. The number of nitro groups is 1. The van der Waals surface area contributed by atoms with Crippen LogP contribution < -0.4 is 5.32 Å². The predicted octanol–water partition coefficient (Wildman–Crippen LogP) is 3.69. The number of sulfonamides is 1. The van der Waals surface area contributed by atoms with Gasteiger partial charge in [0.1, 0.15) is 5.69 Å². The van der Waals surface area contributed by atoms with Crippen molar-refractivity contribution >= 4 is 44.9 Å². The zero-order valence-corrected chi connectivity index (χ0v) is 20.1. The van der Waals surface area contributed by atoms with Crippen LogP contribution in [0.15, 0.2) is 35.2 Å². The number of carbonyl (C=O) groups excluding carboxylic acids is 2. The lowest BCUT2D eigenvalue weighted by molar-refractivity contribution is -0.384. The lowest BCUT2D eigenvalue weighted by Gasteiger charge is -2.19. The maximum absolute atomic E-state index is 12.7. The maximum Gasteiger partial charge on any atom is 0.340 e. The standard InChI is InChI=1S/C21H24ClN3O7S/c1-5-24(6-2)33(30,31)15-7-8-17(22)16(11-15)21(27)32-12-20(26)23-18-9-13(3)14(4)10-19(18)25(28)29/h7-11H,5-6,12H2,1-4H3,(H,23,26). The van der Waals surface area contributed by atoms with E-state index in [0.717, 1.165) is 11.6 Å². The summed E-state index contributed by atoms with van der Waals surface area (Å²) in [5.74, 6) is -1.82. The summed E-state index contributed by atoms with van der Waals surface area (Å²) >= 11 is 6.04. The second kappa shape index (κ2) is 10.7. The van der Waals surface area contributed by atoms with Crippen LogP contribution in [0.3, 0.4) is 0 Å². The van der Waals surface area contributed by atoms with Gasteiger partial charge in [-0.3, -0.25) is 14.9 Å². The molecule has 10 nitrogen and oxygen atoms in total. The number of halogens is 1. The molecule has 2 rings (SSSR count). The van der Waals surface area contributed by atoms with Gasteiger partial charge in [0, 0.05) is 19.2 Å². The molecule has 2 aromatic carbocycles. The van der Waals surface area contributed by atoms with Gasteiger partial charge < -0.3 is 10.1 Å². The van der Waals surface area contributed by atoms with Crippen LogP contribution in [0, 0.1) is 24.0 Å². The molecule has 0 atom stereocenters. The van der Waals surface area contributed by atoms with E-state index < -0.39 is 33.4 Å². The van der Waals surface area contributed by atoms with Gasteiger partial charge >= 0.3 is 5.97 Å². The molecule has 0 saturated carbocycles. The number of nitro benzene ring substituents is 1. The molecule has 0 aromatic heterocycles. The molecule has 0 aliphatic rings. The Morgan fingerprint density at radius 2 is 1.73 bits per heavy atom. The van der Waals surface area contributed by atoms with Crippen molar-refractivity contribution in [2.45, 2.75) is 32.6 Å². The Hall–Kier alpha value is -3.02. The van der Waals surface area contributed by atoms with Crippen LogP contribution in [0.5, 0.6) is 0 Å². The molecule has 0 fully saturated rings. The first-order valence-electron chi connectivity index (χ1n) is 9.94. The van der Waals surface area contributed by atoms with E-state index in [1.807, 2.05) is 0 Å². The van der Waals surface area contributed by atoms with Gasteiger partial charge in [-0.15, -0.1) is 0 Å². The minimum Gasteiger partial charge on any atom is -0.452 e. The monoisotopic (exact) mass is 497 g/mol. The van der Waals surface area contributed by atoms with Gasteiger partial charge in [0.05, 0.1) is 20.4 Å². The van der Waals surface area contributed by atoms with Crippen molar-refractivity contribution in [2.75, 3.05) is 25.0 Å². The van der Waals surface area contributed by atoms with E-state index >= 15 is 0 Å². The molecule has 33 heavy (non-hydrogen) atoms. The van der Waals surface area contributed by atoms with E-state index in [0.29, 0.717) is 5.56 Å². The number of hydrogen-bond acceptors (Lipinski definition) is 7. The van der Waals surface area contributed by atoms with Crippen LogP contribution >= 0.6 is 11.6 Å². The molecule has 0 saturated heterocycles. The first kappa shape index (κ1) is 26.2. The third-order valence-corrected chi connectivity index (χ3v) is 7.29. The minimum atomic E-state index is -3.84. The summed E-state index contributed by atoms with van der Waals surface area (Å²) in [6.45, 7) is 6.53. The number of ether oxygens (including phenoxy) is 1. The molecule has 0 aliphatic carbocycles. The molecular weight excluding hydrogens is 474 g/mol. The van der Waals surface area contributed by atoms with E-state index in [1.54, 1.807) is 27.7 Å². The molecule has 2 aromatic rings. The summed E-state index contributed by atoms with van der Waals surface area (Å²) < 4.78 is 31.6. The van der Waals surface area contributed by atoms with Crippen LogP contribution in [0.4, 0.5) is 11.4 Å². The number of amides is 1. The van der Waals surface area contributed by atoms with Crippen LogP contribution in [-0.4, -0.2) is 49.2 Å². The van der Waals surface area contributed by atoms with Crippen LogP contribution in [-0.2, 0) is 19.6 Å². The minimum absolute atomic E-state index is 0.0329. The van der Waals surface area contributed by atoms with Crippen LogP contribution in [0.25, 0.3) is 0 Å². The molecule has 178 valence electrons. The van der Waals surface area contributed by atoms with Gasteiger partial charge in [-0.1, -0.05) is 25.4 Å². The molecule has 1 amide bonds. The second-order valence-electron chi connectivity index (χ2n) is 7.07. The third-order valence-electron chi connectivity index (χ3n) is 4.92. The zero-order chi connectivity index (χ0) is 24.9. The quantitative estimate of drug-likeness (QED) is 0.317. The van der Waals surface area contributed by atoms with Gasteiger partial charge in [-0.05, 0) is 49.2 Å². The van der Waals surface area contributed by atoms with Crippen molar-refractivity contribution < 1.29 is 27.7 Å². The van der Waals surface area contributed by atoms with Crippen LogP contribution in [0.1, 0.15) is 35.3 Å². The van der Waals surface area contributed by atoms with E-state index in [9.17, 15) is 28.1 Å². The van der Waals surface area contributed by atoms with Crippen molar-refractivity contribution in [3.63, 3.8) is 0 Å². The summed E-state index contributed by atoms with van der Waals surface area (Å²) in [6, 6.07) is 6.40. The maximum atomic E-state index is 12.7. The fourth-order valence-corrected chi connectivity index (χ4v) is 4.66. The fourth-order valence-electron chi connectivity index (χ4n) is 2.98.